The number of rotatable bonds is 5. The molecule has 0 aliphatic carbocycles. The number of methoxy groups -OCH3 is 2. The van der Waals surface area contributed by atoms with E-state index in [2.05, 4.69) is 26.0 Å². The van der Waals surface area contributed by atoms with E-state index in [-0.39, 0.29) is 12.6 Å². The third-order valence-corrected chi connectivity index (χ3v) is 3.41. The number of imide groups is 1. The Labute approximate surface area is 126 Å². The van der Waals surface area contributed by atoms with E-state index in [9.17, 15) is 9.59 Å². The normalized spacial score (nSPS) is 11.6. The molecule has 1 rings (SSSR count). The molecule has 110 valence electrons. The number of nitrogens with one attached hydrogen (secondary N) is 1. The highest BCUT2D eigenvalue weighted by atomic mass is 79.9. The Hall–Kier alpha value is -1.60. The van der Waals surface area contributed by atoms with Crippen LogP contribution in [0.4, 0.5) is 4.79 Å². The lowest BCUT2D eigenvalue weighted by Crippen LogP contribution is -2.87. The van der Waals surface area contributed by atoms with Gasteiger partial charge in [-0.2, -0.15) is 0 Å². The van der Waals surface area contributed by atoms with Gasteiger partial charge >= 0.3 is 6.09 Å². The molecule has 0 heterocycles. The Balaban J connectivity index is 2.54. The Bertz CT molecular complexity index is 493. The van der Waals surface area contributed by atoms with Crippen LogP contribution in [0.1, 0.15) is 18.5 Å². The fraction of sp³-hybridized carbons (Fsp3) is 0.385. The fourth-order valence-electron chi connectivity index (χ4n) is 1.60. The van der Waals surface area contributed by atoms with Crippen molar-refractivity contribution in [2.45, 2.75) is 13.0 Å². The molecular weight excluding hydrogens is 328 g/mol. The van der Waals surface area contributed by atoms with Gasteiger partial charge in [0.2, 0.25) is 0 Å². The number of carbonyl (C=O) groups excluding carboxylic acids is 2. The summed E-state index contributed by atoms with van der Waals surface area (Å²) >= 11 is 3.42. The lowest BCUT2D eigenvalue weighted by Gasteiger charge is -2.12. The zero-order chi connectivity index (χ0) is 15.1. The summed E-state index contributed by atoms with van der Waals surface area (Å²) in [5.74, 6) is 0.362. The lowest BCUT2D eigenvalue weighted by atomic mass is 10.1. The second kappa shape index (κ2) is 7.86. The van der Waals surface area contributed by atoms with E-state index >= 15 is 0 Å². The van der Waals surface area contributed by atoms with Crippen molar-refractivity contribution >= 4 is 27.9 Å². The SMILES string of the molecule is COC(=O)NC(=O)C[NH2+][C@@H](C)c1ccc(OC)c(Br)c1. The molecule has 3 N–H and O–H groups in total. The van der Waals surface area contributed by atoms with Crippen LogP contribution in [0, 0.1) is 0 Å². The molecule has 1 aromatic carbocycles. The number of quaternary nitrogens is 1. The van der Waals surface area contributed by atoms with E-state index in [0.29, 0.717) is 0 Å². The smallest absolute Gasteiger partial charge is 0.413 e. The number of halogens is 1. The molecule has 2 amide bonds. The van der Waals surface area contributed by atoms with E-state index in [0.717, 1.165) is 15.8 Å². The number of nitrogens with two attached hydrogens (primary N) is 1. The highest BCUT2D eigenvalue weighted by Crippen LogP contribution is 2.26. The molecule has 0 aliphatic rings. The maximum absolute atomic E-state index is 11.4. The fourth-order valence-corrected chi connectivity index (χ4v) is 2.16. The number of hydrogen-bond donors (Lipinski definition) is 2. The monoisotopic (exact) mass is 345 g/mol. The van der Waals surface area contributed by atoms with Crippen molar-refractivity contribution in [3.63, 3.8) is 0 Å². The lowest BCUT2D eigenvalue weighted by molar-refractivity contribution is -0.682. The minimum Gasteiger partial charge on any atom is -0.496 e. The molecule has 0 aliphatic heterocycles. The topological polar surface area (TPSA) is 81.2 Å². The minimum atomic E-state index is -0.747. The average Bonchev–Trinajstić information content (AvgIpc) is 2.44. The molecule has 0 aromatic heterocycles. The molecule has 20 heavy (non-hydrogen) atoms. The second-order valence-electron chi connectivity index (χ2n) is 4.16. The highest BCUT2D eigenvalue weighted by Gasteiger charge is 2.14. The second-order valence-corrected chi connectivity index (χ2v) is 5.02. The van der Waals surface area contributed by atoms with Gasteiger partial charge in [0.15, 0.2) is 6.54 Å². The number of amides is 2. The van der Waals surface area contributed by atoms with Crippen molar-refractivity contribution in [2.75, 3.05) is 20.8 Å². The minimum absolute atomic E-state index is 0.0700. The molecule has 0 bridgehead atoms. The maximum atomic E-state index is 11.4. The third kappa shape index (κ3) is 4.82. The van der Waals surface area contributed by atoms with Crippen LogP contribution in [-0.4, -0.2) is 32.8 Å². The Morgan fingerprint density at radius 2 is 2.10 bits per heavy atom. The highest BCUT2D eigenvalue weighted by molar-refractivity contribution is 9.10. The van der Waals surface area contributed by atoms with Crippen molar-refractivity contribution in [3.05, 3.63) is 28.2 Å². The molecule has 0 fully saturated rings. The van der Waals surface area contributed by atoms with Crippen LogP contribution in [0.3, 0.4) is 0 Å². The number of benzene rings is 1. The van der Waals surface area contributed by atoms with E-state index in [1.165, 1.54) is 7.11 Å². The predicted octanol–water partition coefficient (Wildman–Crippen LogP) is 0.965. The number of carbonyl (C=O) groups is 2. The molecule has 7 heteroatoms. The Kier molecular flexibility index (Phi) is 6.47. The molecule has 6 nitrogen and oxygen atoms in total. The van der Waals surface area contributed by atoms with Crippen molar-refractivity contribution in [1.82, 2.24) is 5.32 Å². The molecule has 0 saturated carbocycles. The summed E-state index contributed by atoms with van der Waals surface area (Å²) in [6, 6.07) is 5.81. The summed E-state index contributed by atoms with van der Waals surface area (Å²) in [6.07, 6.45) is -0.747. The van der Waals surface area contributed by atoms with Gasteiger partial charge < -0.3 is 14.8 Å². The van der Waals surface area contributed by atoms with Gasteiger partial charge in [-0.05, 0) is 41.1 Å². The summed E-state index contributed by atoms with van der Waals surface area (Å²) in [6.45, 7) is 2.11. The van der Waals surface area contributed by atoms with Gasteiger partial charge in [0.1, 0.15) is 11.8 Å². The average molecular weight is 346 g/mol. The van der Waals surface area contributed by atoms with Gasteiger partial charge in [-0.25, -0.2) is 4.79 Å². The number of ether oxygens (including phenoxy) is 2. The van der Waals surface area contributed by atoms with E-state index in [4.69, 9.17) is 4.74 Å². The van der Waals surface area contributed by atoms with Crippen molar-refractivity contribution < 1.29 is 24.4 Å². The summed E-state index contributed by atoms with van der Waals surface area (Å²) in [5, 5.41) is 3.93. The molecule has 1 aromatic rings. The van der Waals surface area contributed by atoms with Gasteiger partial charge in [-0.15, -0.1) is 0 Å². The summed E-state index contributed by atoms with van der Waals surface area (Å²) in [4.78, 5) is 22.3. The molecule has 0 spiro atoms. The van der Waals surface area contributed by atoms with Crippen LogP contribution in [0.5, 0.6) is 5.75 Å². The van der Waals surface area contributed by atoms with Gasteiger partial charge in [0.25, 0.3) is 5.91 Å². The first-order chi connectivity index (χ1) is 9.47. The molecule has 0 unspecified atom stereocenters. The van der Waals surface area contributed by atoms with Gasteiger partial charge in [0.05, 0.1) is 18.7 Å². The van der Waals surface area contributed by atoms with Gasteiger partial charge in [0, 0.05) is 5.56 Å². The van der Waals surface area contributed by atoms with Crippen LogP contribution in [-0.2, 0) is 9.53 Å². The van der Waals surface area contributed by atoms with Crippen LogP contribution < -0.4 is 15.4 Å². The van der Waals surface area contributed by atoms with E-state index in [1.807, 2.05) is 30.4 Å². The Morgan fingerprint density at radius 3 is 2.65 bits per heavy atom. The first-order valence-electron chi connectivity index (χ1n) is 6.02. The third-order valence-electron chi connectivity index (χ3n) is 2.79. The van der Waals surface area contributed by atoms with Gasteiger partial charge in [-0.1, -0.05) is 0 Å². The van der Waals surface area contributed by atoms with Crippen LogP contribution in [0.15, 0.2) is 22.7 Å². The first kappa shape index (κ1) is 16.5. The van der Waals surface area contributed by atoms with Crippen molar-refractivity contribution in [1.29, 1.82) is 0 Å². The molecule has 0 radical (unpaired) electrons. The summed E-state index contributed by atoms with van der Waals surface area (Å²) < 4.78 is 10.4. The Morgan fingerprint density at radius 1 is 1.40 bits per heavy atom. The number of hydrogen-bond acceptors (Lipinski definition) is 4. The van der Waals surface area contributed by atoms with E-state index in [1.54, 1.807) is 7.11 Å². The molecule has 0 saturated heterocycles. The maximum Gasteiger partial charge on any atom is 0.413 e. The van der Waals surface area contributed by atoms with Crippen LogP contribution in [0.25, 0.3) is 0 Å². The zero-order valence-electron chi connectivity index (χ0n) is 11.6. The predicted molar refractivity (Wildman–Crippen MR) is 76.4 cm³/mol. The van der Waals surface area contributed by atoms with E-state index < -0.39 is 12.0 Å². The summed E-state index contributed by atoms with van der Waals surface area (Å²) in [5.41, 5.74) is 1.04. The standard InChI is InChI=1S/C13H17BrN2O4/c1-8(15-7-12(17)16-13(18)20-3)9-4-5-11(19-2)10(14)6-9/h4-6,8,15H,7H2,1-3H3,(H,16,17,18)/p+1/t8-/m0/s1. The van der Waals surface area contributed by atoms with Crippen molar-refractivity contribution in [2.24, 2.45) is 0 Å². The largest absolute Gasteiger partial charge is 0.496 e. The first-order valence-corrected chi connectivity index (χ1v) is 6.81. The number of alkyl carbamates (subject to hydrolysis) is 1. The zero-order valence-corrected chi connectivity index (χ0v) is 13.2. The van der Waals surface area contributed by atoms with Gasteiger partial charge in [-0.3, -0.25) is 10.1 Å². The quantitative estimate of drug-likeness (QED) is 0.832. The van der Waals surface area contributed by atoms with Crippen molar-refractivity contribution in [3.8, 4) is 5.75 Å². The molecule has 1 atom stereocenters. The van der Waals surface area contributed by atoms with Crippen LogP contribution in [0.2, 0.25) is 0 Å². The van der Waals surface area contributed by atoms with Crippen LogP contribution >= 0.6 is 15.9 Å². The summed E-state index contributed by atoms with van der Waals surface area (Å²) in [7, 11) is 2.82. The molecular formula is C13H18BrN2O4+.